The van der Waals surface area contributed by atoms with E-state index in [1.54, 1.807) is 12.1 Å². The molecule has 0 aliphatic carbocycles. The summed E-state index contributed by atoms with van der Waals surface area (Å²) < 4.78 is 5.19. The van der Waals surface area contributed by atoms with Gasteiger partial charge in [0, 0.05) is 22.7 Å². The third kappa shape index (κ3) is 5.03. The molecule has 3 N–H and O–H groups in total. The van der Waals surface area contributed by atoms with E-state index in [0.29, 0.717) is 17.2 Å². The number of nitrogens with zero attached hydrogens (tertiary/aromatic N) is 1. The van der Waals surface area contributed by atoms with Crippen molar-refractivity contribution < 1.29 is 19.4 Å². The van der Waals surface area contributed by atoms with Crippen molar-refractivity contribution in [3.05, 3.63) is 39.9 Å². The van der Waals surface area contributed by atoms with E-state index in [1.165, 1.54) is 18.3 Å². The Morgan fingerprint density at radius 2 is 2.04 bits per heavy atom. The van der Waals surface area contributed by atoms with E-state index in [2.05, 4.69) is 15.6 Å². The summed E-state index contributed by atoms with van der Waals surface area (Å²) >= 11 is 1.45. The van der Waals surface area contributed by atoms with Gasteiger partial charge in [-0.1, -0.05) is 6.07 Å². The van der Waals surface area contributed by atoms with Crippen LogP contribution in [-0.2, 0) is 9.53 Å². The predicted octanol–water partition coefficient (Wildman–Crippen LogP) is 3.22. The third-order valence-corrected chi connectivity index (χ3v) is 4.95. The van der Waals surface area contributed by atoms with Crippen LogP contribution in [0.3, 0.4) is 0 Å². The van der Waals surface area contributed by atoms with Gasteiger partial charge in [0.05, 0.1) is 12.3 Å². The number of hydrogen-bond donors (Lipinski definition) is 3. The Balaban J connectivity index is 1.99. The number of ether oxygens (including phenoxy) is 1. The Morgan fingerprint density at radius 1 is 1.31 bits per heavy atom. The molecule has 2 rings (SSSR count). The van der Waals surface area contributed by atoms with Crippen LogP contribution < -0.4 is 10.6 Å². The molecule has 0 bridgehead atoms. The summed E-state index contributed by atoms with van der Waals surface area (Å²) in [5, 5.41) is 15.4. The maximum Gasteiger partial charge on any atom is 0.332 e. The van der Waals surface area contributed by atoms with Crippen LogP contribution in [0.2, 0.25) is 0 Å². The van der Waals surface area contributed by atoms with Crippen molar-refractivity contribution in [2.24, 2.45) is 0 Å². The second-order valence-electron chi connectivity index (χ2n) is 5.87. The summed E-state index contributed by atoms with van der Waals surface area (Å²) in [5.41, 5.74) is 3.07. The monoisotopic (exact) mass is 377 g/mol. The molecular weight excluding hydrogens is 354 g/mol. The maximum atomic E-state index is 12.5. The number of carbonyl (C=O) groups is 2. The van der Waals surface area contributed by atoms with Gasteiger partial charge >= 0.3 is 5.97 Å². The fraction of sp³-hybridized carbons (Fsp3) is 0.389. The highest BCUT2D eigenvalue weighted by molar-refractivity contribution is 7.15. The molecule has 0 spiro atoms. The van der Waals surface area contributed by atoms with E-state index >= 15 is 0 Å². The Morgan fingerprint density at radius 3 is 2.65 bits per heavy atom. The molecule has 26 heavy (non-hydrogen) atoms. The van der Waals surface area contributed by atoms with Crippen LogP contribution in [0.4, 0.5) is 10.8 Å². The van der Waals surface area contributed by atoms with Crippen molar-refractivity contribution in [2.45, 2.75) is 33.8 Å². The Bertz CT molecular complexity index is 784. The van der Waals surface area contributed by atoms with Crippen molar-refractivity contribution >= 4 is 34.0 Å². The van der Waals surface area contributed by atoms with Crippen LogP contribution in [0.25, 0.3) is 0 Å². The van der Waals surface area contributed by atoms with Gasteiger partial charge in [0.25, 0.3) is 5.91 Å². The molecule has 1 aromatic heterocycles. The van der Waals surface area contributed by atoms with Gasteiger partial charge in [-0.15, -0.1) is 11.3 Å². The smallest absolute Gasteiger partial charge is 0.332 e. The van der Waals surface area contributed by atoms with Crippen LogP contribution in [0, 0.1) is 20.8 Å². The standard InChI is InChI=1S/C18H23N3O4S/c1-10-14(16(22)21-18-20-11(2)13(4)26-18)6-5-7-15(10)19-8-9-25-12(3)17(23)24/h5-7,12,19H,8-9H2,1-4H3,(H,23,24)(H,20,21,22). The van der Waals surface area contributed by atoms with Gasteiger partial charge in [-0.2, -0.15) is 0 Å². The highest BCUT2D eigenvalue weighted by Crippen LogP contribution is 2.24. The molecule has 1 amide bonds. The summed E-state index contributed by atoms with van der Waals surface area (Å²) in [6, 6.07) is 5.42. The molecule has 1 aromatic carbocycles. The maximum absolute atomic E-state index is 12.5. The lowest BCUT2D eigenvalue weighted by atomic mass is 10.1. The van der Waals surface area contributed by atoms with E-state index in [0.717, 1.165) is 21.8 Å². The molecule has 0 fully saturated rings. The van der Waals surface area contributed by atoms with Crippen LogP contribution in [0.15, 0.2) is 18.2 Å². The fourth-order valence-corrected chi connectivity index (χ4v) is 3.07. The Hall–Kier alpha value is -2.45. The summed E-state index contributed by atoms with van der Waals surface area (Å²) in [5.74, 6) is -1.21. The predicted molar refractivity (Wildman–Crippen MR) is 102 cm³/mol. The highest BCUT2D eigenvalue weighted by atomic mass is 32.1. The van der Waals surface area contributed by atoms with E-state index in [9.17, 15) is 9.59 Å². The minimum absolute atomic E-state index is 0.212. The van der Waals surface area contributed by atoms with Crippen LogP contribution in [-0.4, -0.2) is 41.2 Å². The van der Waals surface area contributed by atoms with E-state index < -0.39 is 12.1 Å². The van der Waals surface area contributed by atoms with Crippen molar-refractivity contribution in [2.75, 3.05) is 23.8 Å². The SMILES string of the molecule is Cc1nc(NC(=O)c2cccc(NCCOC(C)C(=O)O)c2C)sc1C. The zero-order valence-electron chi connectivity index (χ0n) is 15.3. The molecule has 2 aromatic rings. The summed E-state index contributed by atoms with van der Waals surface area (Å²) in [7, 11) is 0. The molecule has 1 heterocycles. The quantitative estimate of drug-likeness (QED) is 0.611. The molecule has 0 aliphatic heterocycles. The zero-order chi connectivity index (χ0) is 19.3. The minimum atomic E-state index is -0.993. The number of carbonyl (C=O) groups excluding carboxylic acids is 1. The molecule has 0 radical (unpaired) electrons. The minimum Gasteiger partial charge on any atom is -0.479 e. The summed E-state index contributed by atoms with van der Waals surface area (Å²) in [4.78, 5) is 28.7. The molecule has 0 saturated carbocycles. The molecule has 7 nitrogen and oxygen atoms in total. The molecule has 1 unspecified atom stereocenters. The third-order valence-electron chi connectivity index (χ3n) is 3.96. The number of carboxylic acid groups (broad SMARTS) is 1. The number of aromatic nitrogens is 1. The lowest BCUT2D eigenvalue weighted by molar-refractivity contribution is -0.148. The van der Waals surface area contributed by atoms with Crippen molar-refractivity contribution in [1.29, 1.82) is 0 Å². The van der Waals surface area contributed by atoms with Gasteiger partial charge in [0.1, 0.15) is 0 Å². The normalized spacial score (nSPS) is 11.8. The number of nitrogens with one attached hydrogen (secondary N) is 2. The number of rotatable bonds is 8. The van der Waals surface area contributed by atoms with E-state index in [1.807, 2.05) is 26.8 Å². The Kier molecular flexibility index (Phi) is 6.70. The number of aryl methyl sites for hydroxylation is 2. The summed E-state index contributed by atoms with van der Waals surface area (Å²) in [6.45, 7) is 7.91. The molecule has 140 valence electrons. The van der Waals surface area contributed by atoms with E-state index in [-0.39, 0.29) is 12.5 Å². The number of carboxylic acids is 1. The van der Waals surface area contributed by atoms with Crippen molar-refractivity contribution in [1.82, 2.24) is 4.98 Å². The molecule has 0 saturated heterocycles. The largest absolute Gasteiger partial charge is 0.479 e. The lowest BCUT2D eigenvalue weighted by Crippen LogP contribution is -2.23. The second-order valence-corrected chi connectivity index (χ2v) is 7.07. The lowest BCUT2D eigenvalue weighted by Gasteiger charge is -2.14. The van der Waals surface area contributed by atoms with Gasteiger partial charge in [-0.05, 0) is 45.4 Å². The van der Waals surface area contributed by atoms with Gasteiger partial charge in [0.15, 0.2) is 11.2 Å². The first kappa shape index (κ1) is 19.9. The summed E-state index contributed by atoms with van der Waals surface area (Å²) in [6.07, 6.45) is -0.847. The first-order valence-electron chi connectivity index (χ1n) is 8.23. The highest BCUT2D eigenvalue weighted by Gasteiger charge is 2.14. The van der Waals surface area contributed by atoms with Gasteiger partial charge in [-0.25, -0.2) is 9.78 Å². The fourth-order valence-electron chi connectivity index (χ4n) is 2.26. The molecule has 8 heteroatoms. The zero-order valence-corrected chi connectivity index (χ0v) is 16.1. The number of amides is 1. The Labute approximate surface area is 156 Å². The topological polar surface area (TPSA) is 101 Å². The average molecular weight is 377 g/mol. The number of anilines is 2. The molecule has 1 atom stereocenters. The van der Waals surface area contributed by atoms with E-state index in [4.69, 9.17) is 9.84 Å². The van der Waals surface area contributed by atoms with Gasteiger partial charge in [0.2, 0.25) is 0 Å². The van der Waals surface area contributed by atoms with Gasteiger partial charge in [-0.3, -0.25) is 10.1 Å². The van der Waals surface area contributed by atoms with Crippen molar-refractivity contribution in [3.63, 3.8) is 0 Å². The first-order chi connectivity index (χ1) is 12.3. The van der Waals surface area contributed by atoms with Crippen molar-refractivity contribution in [3.8, 4) is 0 Å². The number of aliphatic carboxylic acids is 1. The van der Waals surface area contributed by atoms with Crippen LogP contribution in [0.1, 0.15) is 33.4 Å². The first-order valence-corrected chi connectivity index (χ1v) is 9.04. The number of thiazole rings is 1. The number of hydrogen-bond acceptors (Lipinski definition) is 6. The molecular formula is C18H23N3O4S. The molecule has 0 aliphatic rings. The van der Waals surface area contributed by atoms with Gasteiger partial charge < -0.3 is 15.2 Å². The van der Waals surface area contributed by atoms with Crippen LogP contribution in [0.5, 0.6) is 0 Å². The number of benzene rings is 1. The van der Waals surface area contributed by atoms with Crippen LogP contribution >= 0.6 is 11.3 Å². The average Bonchev–Trinajstić information content (AvgIpc) is 2.89. The second kappa shape index (κ2) is 8.77.